The molecule has 0 aliphatic carbocycles. The maximum absolute atomic E-state index is 12.5. The highest BCUT2D eigenvalue weighted by Crippen LogP contribution is 2.30. The maximum Gasteiger partial charge on any atom is 0.248 e. The Hall–Kier alpha value is -4.72. The number of benzene rings is 3. The van der Waals surface area contributed by atoms with Crippen LogP contribution in [0.5, 0.6) is 0 Å². The number of rotatable bonds is 8. The number of carbonyl (C=O) groups excluding carboxylic acids is 2. The third-order valence-electron chi connectivity index (χ3n) is 6.50. The smallest absolute Gasteiger partial charge is 0.248 e. The zero-order valence-corrected chi connectivity index (χ0v) is 24.8. The van der Waals surface area contributed by atoms with Gasteiger partial charge in [-0.15, -0.1) is 20.4 Å². The van der Waals surface area contributed by atoms with Gasteiger partial charge in [0.25, 0.3) is 0 Å². The van der Waals surface area contributed by atoms with Gasteiger partial charge in [-0.1, -0.05) is 71.9 Å². The summed E-state index contributed by atoms with van der Waals surface area (Å²) in [6, 6.07) is 21.8. The molecule has 0 saturated heterocycles. The molecule has 0 aliphatic heterocycles. The van der Waals surface area contributed by atoms with E-state index in [-0.39, 0.29) is 22.4 Å². The zero-order valence-electron chi connectivity index (χ0n) is 24.8. The molecule has 0 radical (unpaired) electrons. The summed E-state index contributed by atoms with van der Waals surface area (Å²) in [7, 11) is 0. The van der Waals surface area contributed by atoms with Crippen LogP contribution in [0, 0.1) is 10.8 Å². The fourth-order valence-corrected chi connectivity index (χ4v) is 4.46. The van der Waals surface area contributed by atoms with Crippen molar-refractivity contribution in [1.29, 1.82) is 0 Å². The minimum atomic E-state index is -0.0759. The molecule has 0 amide bonds. The van der Waals surface area contributed by atoms with Crippen LogP contribution >= 0.6 is 0 Å². The van der Waals surface area contributed by atoms with Gasteiger partial charge in [-0.2, -0.15) is 0 Å². The Morgan fingerprint density at radius 1 is 0.524 bits per heavy atom. The van der Waals surface area contributed by atoms with Gasteiger partial charge in [0, 0.05) is 46.2 Å². The first-order chi connectivity index (χ1) is 19.8. The monoisotopic (exact) mass is 562 g/mol. The molecule has 0 spiro atoms. The van der Waals surface area contributed by atoms with Crippen LogP contribution in [-0.4, -0.2) is 32.0 Å². The topological polar surface area (TPSA) is 112 Å². The van der Waals surface area contributed by atoms with Gasteiger partial charge in [0.2, 0.25) is 23.6 Å². The first-order valence-corrected chi connectivity index (χ1v) is 13.9. The van der Waals surface area contributed by atoms with Gasteiger partial charge in [0.1, 0.15) is 0 Å². The van der Waals surface area contributed by atoms with Gasteiger partial charge < -0.3 is 8.83 Å². The first kappa shape index (κ1) is 28.8. The molecule has 3 aromatic carbocycles. The van der Waals surface area contributed by atoms with Crippen LogP contribution in [0.25, 0.3) is 45.8 Å². The molecule has 2 aromatic heterocycles. The molecule has 0 unspecified atom stereocenters. The van der Waals surface area contributed by atoms with Crippen molar-refractivity contribution in [3.05, 3.63) is 83.9 Å². The van der Waals surface area contributed by atoms with Gasteiger partial charge in [-0.3, -0.25) is 9.59 Å². The van der Waals surface area contributed by atoms with Gasteiger partial charge >= 0.3 is 0 Å². The largest absolute Gasteiger partial charge is 0.416 e. The van der Waals surface area contributed by atoms with E-state index >= 15 is 0 Å². The van der Waals surface area contributed by atoms with Crippen LogP contribution in [-0.2, 0) is 0 Å². The fraction of sp³-hybridized carbons (Fsp3) is 0.294. The van der Waals surface area contributed by atoms with E-state index in [1.165, 1.54) is 0 Å². The highest BCUT2D eigenvalue weighted by atomic mass is 16.4. The Bertz CT molecular complexity index is 1590. The van der Waals surface area contributed by atoms with Crippen molar-refractivity contribution in [1.82, 2.24) is 20.4 Å². The Morgan fingerprint density at radius 2 is 0.857 bits per heavy atom. The minimum Gasteiger partial charge on any atom is -0.416 e. The Kier molecular flexibility index (Phi) is 7.73. The quantitative estimate of drug-likeness (QED) is 0.173. The summed E-state index contributed by atoms with van der Waals surface area (Å²) in [6.07, 6.45) is 0.944. The third kappa shape index (κ3) is 6.94. The van der Waals surface area contributed by atoms with Gasteiger partial charge in [-0.05, 0) is 53.3 Å². The van der Waals surface area contributed by atoms with Crippen LogP contribution in [0.2, 0.25) is 0 Å². The minimum absolute atomic E-state index is 0.0759. The van der Waals surface area contributed by atoms with E-state index in [2.05, 4.69) is 20.4 Å². The van der Waals surface area contributed by atoms with Crippen LogP contribution < -0.4 is 0 Å². The van der Waals surface area contributed by atoms with Gasteiger partial charge in [0.05, 0.1) is 0 Å². The van der Waals surface area contributed by atoms with Crippen molar-refractivity contribution < 1.29 is 18.4 Å². The molecule has 0 bridgehead atoms. The van der Waals surface area contributed by atoms with Gasteiger partial charge in [0.15, 0.2) is 11.6 Å². The SMILES string of the molecule is CC(C)(C)CC(=O)c1ccc(-c2nnc(-c3cccc(-c4nnc(-c5ccc(C(=O)CC(C)(C)C)cc5)o4)c3)o2)cc1. The summed E-state index contributed by atoms with van der Waals surface area (Å²) in [6.45, 7) is 12.3. The second-order valence-corrected chi connectivity index (χ2v) is 12.9. The number of carbonyl (C=O) groups is 2. The van der Waals surface area contributed by atoms with E-state index in [4.69, 9.17) is 8.83 Å². The predicted molar refractivity (Wildman–Crippen MR) is 161 cm³/mol. The van der Waals surface area contributed by atoms with E-state index < -0.39 is 0 Å². The molecular formula is C34H34N4O4. The van der Waals surface area contributed by atoms with E-state index in [9.17, 15) is 9.59 Å². The lowest BCUT2D eigenvalue weighted by Gasteiger charge is -2.16. The number of aromatic nitrogens is 4. The zero-order chi connectivity index (χ0) is 30.1. The second-order valence-electron chi connectivity index (χ2n) is 12.9. The molecule has 0 aliphatic rings. The van der Waals surface area contributed by atoms with Crippen LogP contribution in [0.3, 0.4) is 0 Å². The molecule has 214 valence electrons. The molecule has 8 nitrogen and oxygen atoms in total. The Morgan fingerprint density at radius 3 is 1.19 bits per heavy atom. The van der Waals surface area contributed by atoms with Crippen molar-refractivity contribution in [3.8, 4) is 45.8 Å². The lowest BCUT2D eigenvalue weighted by Crippen LogP contribution is -2.12. The molecule has 5 rings (SSSR count). The molecule has 0 fully saturated rings. The first-order valence-electron chi connectivity index (χ1n) is 13.9. The van der Waals surface area contributed by atoms with Crippen LogP contribution in [0.4, 0.5) is 0 Å². The summed E-state index contributed by atoms with van der Waals surface area (Å²) in [5.74, 6) is 1.60. The number of Topliss-reactive ketones (excluding diaryl/α,β-unsaturated/α-hetero) is 2. The third-order valence-corrected chi connectivity index (χ3v) is 6.50. The average molecular weight is 563 g/mol. The lowest BCUT2D eigenvalue weighted by atomic mass is 9.88. The molecular weight excluding hydrogens is 528 g/mol. The van der Waals surface area contributed by atoms with E-state index in [1.54, 1.807) is 24.3 Å². The average Bonchev–Trinajstić information content (AvgIpc) is 3.63. The highest BCUT2D eigenvalue weighted by molar-refractivity contribution is 5.97. The number of hydrogen-bond acceptors (Lipinski definition) is 8. The fourth-order valence-electron chi connectivity index (χ4n) is 4.46. The number of hydrogen-bond donors (Lipinski definition) is 0. The molecule has 0 N–H and O–H groups in total. The van der Waals surface area contributed by atoms with Crippen molar-refractivity contribution in [2.45, 2.75) is 54.4 Å². The van der Waals surface area contributed by atoms with Crippen molar-refractivity contribution in [2.75, 3.05) is 0 Å². The van der Waals surface area contributed by atoms with Gasteiger partial charge in [-0.25, -0.2) is 0 Å². The van der Waals surface area contributed by atoms with E-state index in [0.717, 1.165) is 11.1 Å². The maximum atomic E-state index is 12.5. The van der Waals surface area contributed by atoms with Crippen LogP contribution in [0.15, 0.2) is 81.6 Å². The normalized spacial score (nSPS) is 12.0. The molecule has 42 heavy (non-hydrogen) atoms. The highest BCUT2D eigenvalue weighted by Gasteiger charge is 2.20. The summed E-state index contributed by atoms with van der Waals surface area (Å²) in [4.78, 5) is 25.1. The van der Waals surface area contributed by atoms with Crippen molar-refractivity contribution >= 4 is 11.6 Å². The van der Waals surface area contributed by atoms with Crippen molar-refractivity contribution in [3.63, 3.8) is 0 Å². The summed E-state index contributed by atoms with van der Waals surface area (Å²) in [5.41, 5.74) is 4.01. The van der Waals surface area contributed by atoms with Crippen LogP contribution in [0.1, 0.15) is 75.1 Å². The molecule has 5 aromatic rings. The predicted octanol–water partition coefficient (Wildman–Crippen LogP) is 8.36. The summed E-state index contributed by atoms with van der Waals surface area (Å²) < 4.78 is 11.9. The standard InChI is InChI=1S/C34H34N4O4/c1-33(2,3)19-27(39)21-10-14-23(15-11-21)29-35-37-31(41-29)25-8-7-9-26(18-25)32-38-36-30(42-32)24-16-12-22(13-17-24)28(40)20-34(4,5)6/h7-18H,19-20H2,1-6H3. The second kappa shape index (κ2) is 11.3. The Labute approximate surface area is 245 Å². The Balaban J connectivity index is 1.30. The van der Waals surface area contributed by atoms with Crippen molar-refractivity contribution in [2.24, 2.45) is 10.8 Å². The summed E-state index contributed by atoms with van der Waals surface area (Å²) in [5, 5.41) is 16.9. The summed E-state index contributed by atoms with van der Waals surface area (Å²) >= 11 is 0. The molecule has 0 saturated carbocycles. The van der Waals surface area contributed by atoms with E-state index in [0.29, 0.717) is 58.7 Å². The molecule has 8 heteroatoms. The number of nitrogens with zero attached hydrogens (tertiary/aromatic N) is 4. The molecule has 2 heterocycles. The lowest BCUT2D eigenvalue weighted by molar-refractivity contribution is 0.0930. The van der Waals surface area contributed by atoms with E-state index in [1.807, 2.05) is 90.1 Å². The molecule has 0 atom stereocenters. The number of ketones is 2.